The molecule has 2 rings (SSSR count). The number of carbonyl (C=O) groups excluding carboxylic acids is 2. The van der Waals surface area contributed by atoms with Crippen LogP contribution in [0.25, 0.3) is 0 Å². The first kappa shape index (κ1) is 17.5. The van der Waals surface area contributed by atoms with Crippen molar-refractivity contribution in [3.63, 3.8) is 0 Å². The Balaban J connectivity index is 1.85. The fourth-order valence-corrected chi connectivity index (χ4v) is 3.11. The summed E-state index contributed by atoms with van der Waals surface area (Å²) < 4.78 is 7.01. The average Bonchev–Trinajstić information content (AvgIpc) is 2.74. The minimum Gasteiger partial charge on any atom is -0.453 e. The Morgan fingerprint density at radius 1 is 1.30 bits per heavy atom. The molecule has 1 aliphatic rings. The fourth-order valence-electron chi connectivity index (χ4n) is 3.11. The second-order valence-electron chi connectivity index (χ2n) is 6.50. The number of hydrogen-bond donors (Lipinski definition) is 1. The number of nitrogens with one attached hydrogen (secondary N) is 1. The van der Waals surface area contributed by atoms with Crippen molar-refractivity contribution >= 4 is 17.6 Å². The van der Waals surface area contributed by atoms with E-state index in [1.807, 2.05) is 20.9 Å². The number of amides is 1. The van der Waals surface area contributed by atoms with Crippen LogP contribution in [0.4, 0.5) is 5.69 Å². The summed E-state index contributed by atoms with van der Waals surface area (Å²) in [5, 5.41) is 7.06. The normalized spacial score (nSPS) is 16.9. The van der Waals surface area contributed by atoms with Gasteiger partial charge in [-0.25, -0.2) is 0 Å². The predicted molar refractivity (Wildman–Crippen MR) is 88.1 cm³/mol. The molecule has 1 N–H and O–H groups in total. The van der Waals surface area contributed by atoms with Gasteiger partial charge in [-0.15, -0.1) is 0 Å². The average molecular weight is 321 g/mol. The number of rotatable bonds is 5. The Bertz CT molecular complexity index is 574. The number of aryl methyl sites for hydroxylation is 2. The molecule has 0 saturated heterocycles. The van der Waals surface area contributed by atoms with E-state index in [0.29, 0.717) is 18.0 Å². The zero-order valence-electron chi connectivity index (χ0n) is 14.5. The van der Waals surface area contributed by atoms with E-state index in [2.05, 4.69) is 10.4 Å². The number of hydrogen-bond acceptors (Lipinski definition) is 4. The lowest BCUT2D eigenvalue weighted by Gasteiger charge is -2.21. The van der Waals surface area contributed by atoms with Crippen molar-refractivity contribution in [1.82, 2.24) is 9.78 Å². The van der Waals surface area contributed by atoms with Crippen LogP contribution in [0.3, 0.4) is 0 Å². The number of ether oxygens (including phenoxy) is 1. The molecule has 1 aliphatic carbocycles. The van der Waals surface area contributed by atoms with E-state index in [-0.39, 0.29) is 11.9 Å². The Morgan fingerprint density at radius 3 is 2.52 bits per heavy atom. The van der Waals surface area contributed by atoms with Crippen LogP contribution in [-0.4, -0.2) is 27.8 Å². The monoisotopic (exact) mass is 321 g/mol. The first-order valence-corrected chi connectivity index (χ1v) is 8.39. The number of anilines is 1. The highest BCUT2D eigenvalue weighted by atomic mass is 16.5. The highest BCUT2D eigenvalue weighted by Gasteiger charge is 2.23. The van der Waals surface area contributed by atoms with E-state index in [1.165, 1.54) is 19.3 Å². The third-order valence-electron chi connectivity index (χ3n) is 4.61. The first-order chi connectivity index (χ1) is 10.9. The van der Waals surface area contributed by atoms with Crippen molar-refractivity contribution < 1.29 is 14.3 Å². The van der Waals surface area contributed by atoms with Gasteiger partial charge in [-0.3, -0.25) is 14.3 Å². The van der Waals surface area contributed by atoms with Crippen molar-refractivity contribution in [3.05, 3.63) is 11.4 Å². The van der Waals surface area contributed by atoms with Crippen LogP contribution >= 0.6 is 0 Å². The molecular weight excluding hydrogens is 294 g/mol. The minimum absolute atomic E-state index is 0.279. The summed E-state index contributed by atoms with van der Waals surface area (Å²) in [5.41, 5.74) is 2.31. The van der Waals surface area contributed by atoms with E-state index in [0.717, 1.165) is 24.2 Å². The quantitative estimate of drug-likeness (QED) is 0.846. The molecule has 6 nitrogen and oxygen atoms in total. The lowest BCUT2D eigenvalue weighted by molar-refractivity contribution is -0.154. The molecule has 1 atom stereocenters. The van der Waals surface area contributed by atoms with Gasteiger partial charge < -0.3 is 10.1 Å². The number of carbonyl (C=O) groups is 2. The van der Waals surface area contributed by atoms with Crippen molar-refractivity contribution in [1.29, 1.82) is 0 Å². The molecule has 6 heteroatoms. The summed E-state index contributed by atoms with van der Waals surface area (Å²) in [6.45, 7) is 5.33. The van der Waals surface area contributed by atoms with Gasteiger partial charge in [-0.05, 0) is 39.5 Å². The third-order valence-corrected chi connectivity index (χ3v) is 4.61. The smallest absolute Gasteiger partial charge is 0.306 e. The minimum atomic E-state index is -0.801. The molecule has 1 aromatic rings. The molecule has 0 radical (unpaired) electrons. The van der Waals surface area contributed by atoms with E-state index in [1.54, 1.807) is 11.6 Å². The maximum Gasteiger partial charge on any atom is 0.306 e. The van der Waals surface area contributed by atoms with Crippen LogP contribution in [0.5, 0.6) is 0 Å². The molecule has 1 amide bonds. The van der Waals surface area contributed by atoms with Crippen molar-refractivity contribution in [2.75, 3.05) is 5.32 Å². The van der Waals surface area contributed by atoms with Gasteiger partial charge in [0.15, 0.2) is 6.10 Å². The second-order valence-corrected chi connectivity index (χ2v) is 6.50. The molecule has 0 spiro atoms. The maximum atomic E-state index is 12.2. The van der Waals surface area contributed by atoms with E-state index in [4.69, 9.17) is 4.74 Å². The number of nitrogens with zero attached hydrogens (tertiary/aromatic N) is 2. The Hall–Kier alpha value is -1.85. The van der Waals surface area contributed by atoms with Crippen LogP contribution in [0, 0.1) is 19.8 Å². The Morgan fingerprint density at radius 2 is 1.96 bits per heavy atom. The zero-order chi connectivity index (χ0) is 17.0. The molecule has 1 unspecified atom stereocenters. The Kier molecular flexibility index (Phi) is 5.80. The predicted octanol–water partition coefficient (Wildman–Crippen LogP) is 2.88. The molecule has 0 aromatic carbocycles. The number of esters is 1. The molecular formula is C17H27N3O3. The van der Waals surface area contributed by atoms with Crippen LogP contribution in [0.15, 0.2) is 0 Å². The molecule has 0 bridgehead atoms. The van der Waals surface area contributed by atoms with Gasteiger partial charge >= 0.3 is 5.97 Å². The van der Waals surface area contributed by atoms with Gasteiger partial charge in [-0.2, -0.15) is 5.10 Å². The molecule has 1 heterocycles. The first-order valence-electron chi connectivity index (χ1n) is 8.39. The highest BCUT2D eigenvalue weighted by Crippen LogP contribution is 2.26. The summed E-state index contributed by atoms with van der Waals surface area (Å²) in [6.07, 6.45) is 5.43. The van der Waals surface area contributed by atoms with Gasteiger partial charge in [0.1, 0.15) is 0 Å². The zero-order valence-corrected chi connectivity index (χ0v) is 14.5. The van der Waals surface area contributed by atoms with Gasteiger partial charge in [0.2, 0.25) is 0 Å². The van der Waals surface area contributed by atoms with E-state index in [9.17, 15) is 9.59 Å². The van der Waals surface area contributed by atoms with Gasteiger partial charge in [0.25, 0.3) is 5.91 Å². The largest absolute Gasteiger partial charge is 0.453 e. The standard InChI is InChI=1S/C17H27N3O3/c1-11-16(12(2)20(4)19-11)18-17(22)13(3)23-15(21)10-14-8-6-5-7-9-14/h13-14H,5-10H2,1-4H3,(H,18,22). The summed E-state index contributed by atoms with van der Waals surface area (Å²) >= 11 is 0. The van der Waals surface area contributed by atoms with Crippen molar-refractivity contribution in [3.8, 4) is 0 Å². The summed E-state index contributed by atoms with van der Waals surface area (Å²) in [7, 11) is 1.83. The van der Waals surface area contributed by atoms with Gasteiger partial charge in [0, 0.05) is 13.5 Å². The molecule has 1 fully saturated rings. The fraction of sp³-hybridized carbons (Fsp3) is 0.706. The van der Waals surface area contributed by atoms with Crippen LogP contribution in [0.2, 0.25) is 0 Å². The maximum absolute atomic E-state index is 12.2. The van der Waals surface area contributed by atoms with Crippen molar-refractivity contribution in [2.24, 2.45) is 13.0 Å². The molecule has 0 aliphatic heterocycles. The topological polar surface area (TPSA) is 73.2 Å². The number of aromatic nitrogens is 2. The van der Waals surface area contributed by atoms with Gasteiger partial charge in [0.05, 0.1) is 17.1 Å². The molecule has 1 aromatic heterocycles. The summed E-state index contributed by atoms with van der Waals surface area (Å²) in [6, 6.07) is 0. The summed E-state index contributed by atoms with van der Waals surface area (Å²) in [5.74, 6) is -0.185. The van der Waals surface area contributed by atoms with Crippen LogP contribution in [-0.2, 0) is 21.4 Å². The molecule has 128 valence electrons. The van der Waals surface area contributed by atoms with E-state index >= 15 is 0 Å². The SMILES string of the molecule is Cc1nn(C)c(C)c1NC(=O)C(C)OC(=O)CC1CCCCC1. The van der Waals surface area contributed by atoms with E-state index < -0.39 is 6.10 Å². The molecule has 1 saturated carbocycles. The van der Waals surface area contributed by atoms with Crippen LogP contribution < -0.4 is 5.32 Å². The Labute approximate surface area is 137 Å². The summed E-state index contributed by atoms with van der Waals surface area (Å²) in [4.78, 5) is 24.2. The lowest BCUT2D eigenvalue weighted by atomic mass is 9.87. The third kappa shape index (κ3) is 4.56. The molecule has 23 heavy (non-hydrogen) atoms. The lowest BCUT2D eigenvalue weighted by Crippen LogP contribution is -2.31. The van der Waals surface area contributed by atoms with Gasteiger partial charge in [-0.1, -0.05) is 19.3 Å². The van der Waals surface area contributed by atoms with Crippen molar-refractivity contribution in [2.45, 2.75) is 65.4 Å². The highest BCUT2D eigenvalue weighted by molar-refractivity contribution is 5.96. The van der Waals surface area contributed by atoms with Crippen LogP contribution in [0.1, 0.15) is 56.8 Å². The second kappa shape index (κ2) is 7.62.